The van der Waals surface area contributed by atoms with Crippen LogP contribution in [0.5, 0.6) is 0 Å². The Bertz CT molecular complexity index is 1980. The summed E-state index contributed by atoms with van der Waals surface area (Å²) in [6, 6.07) is 13.3. The molecule has 0 spiro atoms. The van der Waals surface area contributed by atoms with Crippen molar-refractivity contribution in [1.29, 1.82) is 0 Å². The van der Waals surface area contributed by atoms with Gasteiger partial charge < -0.3 is 18.9 Å². The van der Waals surface area contributed by atoms with Crippen molar-refractivity contribution >= 4 is 78.0 Å². The number of thiophene rings is 2. The Morgan fingerprint density at radius 1 is 0.609 bits per heavy atom. The largest absolute Gasteiger partial charge is 0.465 e. The van der Waals surface area contributed by atoms with E-state index in [1.807, 2.05) is 0 Å². The fourth-order valence-corrected chi connectivity index (χ4v) is 8.50. The van der Waals surface area contributed by atoms with Crippen molar-refractivity contribution in [3.8, 4) is 0 Å². The van der Waals surface area contributed by atoms with Crippen molar-refractivity contribution in [1.82, 2.24) is 0 Å². The molecule has 0 aliphatic heterocycles. The predicted molar refractivity (Wildman–Crippen MR) is 166 cm³/mol. The lowest BCUT2D eigenvalue weighted by molar-refractivity contribution is 0.0266. The summed E-state index contributed by atoms with van der Waals surface area (Å²) in [5.74, 6) is -3.22. The molecule has 0 aliphatic carbocycles. The molecule has 2 aromatic carbocycles. The van der Waals surface area contributed by atoms with Crippen molar-refractivity contribution in [2.75, 3.05) is 36.9 Å². The molecule has 4 rings (SSSR count). The number of esters is 4. The lowest BCUT2D eigenvalue weighted by Gasteiger charge is -2.10. The highest BCUT2D eigenvalue weighted by atomic mass is 32.2. The van der Waals surface area contributed by atoms with Gasteiger partial charge in [-0.15, -0.1) is 22.7 Å². The van der Waals surface area contributed by atoms with E-state index in [1.54, 1.807) is 0 Å². The van der Waals surface area contributed by atoms with Crippen molar-refractivity contribution in [2.45, 2.75) is 9.79 Å². The Morgan fingerprint density at radius 2 is 1.13 bits per heavy atom. The van der Waals surface area contributed by atoms with Gasteiger partial charge in [0.1, 0.15) is 32.8 Å². The number of sulfonamides is 2. The lowest BCUT2D eigenvalue weighted by atomic mass is 10.2. The normalized spacial score (nSPS) is 11.3. The second-order valence-electron chi connectivity index (χ2n) is 8.85. The molecule has 18 heteroatoms. The third kappa shape index (κ3) is 8.08. The fourth-order valence-electron chi connectivity index (χ4n) is 3.75. The summed E-state index contributed by atoms with van der Waals surface area (Å²) in [6.45, 7) is -0.753. The van der Waals surface area contributed by atoms with Crippen molar-refractivity contribution in [3.05, 3.63) is 92.3 Å². The third-order valence-corrected chi connectivity index (χ3v) is 10.7. The third-order valence-electron chi connectivity index (χ3n) is 5.85. The van der Waals surface area contributed by atoms with Gasteiger partial charge in [0, 0.05) is 11.4 Å². The fraction of sp³-hybridized carbons (Fsp3) is 0.143. The van der Waals surface area contributed by atoms with Gasteiger partial charge in [-0.1, -0.05) is 6.07 Å². The van der Waals surface area contributed by atoms with Crippen LogP contribution in [-0.2, 0) is 39.0 Å². The number of nitrogens with one attached hydrogen (secondary N) is 2. The van der Waals surface area contributed by atoms with Gasteiger partial charge in [-0.05, 0) is 65.4 Å². The highest BCUT2D eigenvalue weighted by Crippen LogP contribution is 2.27. The molecule has 0 amide bonds. The topological polar surface area (TPSA) is 198 Å². The zero-order valence-corrected chi connectivity index (χ0v) is 27.1. The average molecular weight is 709 g/mol. The molecule has 4 aromatic rings. The second-order valence-corrected chi connectivity index (χ2v) is 14.0. The molecule has 2 aromatic heterocycles. The van der Waals surface area contributed by atoms with Gasteiger partial charge in [0.15, 0.2) is 0 Å². The van der Waals surface area contributed by atoms with E-state index in [2.05, 4.69) is 18.9 Å². The molecule has 0 bridgehead atoms. The Hall–Kier alpha value is -4.78. The van der Waals surface area contributed by atoms with E-state index in [9.17, 15) is 36.0 Å². The number of hydrogen-bond acceptors (Lipinski definition) is 14. The van der Waals surface area contributed by atoms with Crippen LogP contribution in [0.4, 0.5) is 11.4 Å². The number of rotatable bonds is 13. The molecule has 0 saturated heterocycles. The zero-order valence-electron chi connectivity index (χ0n) is 23.9. The summed E-state index contributed by atoms with van der Waals surface area (Å²) in [6.07, 6.45) is 0. The molecule has 0 unspecified atom stereocenters. The maximum Gasteiger partial charge on any atom is 0.349 e. The van der Waals surface area contributed by atoms with Gasteiger partial charge in [0.2, 0.25) is 0 Å². The van der Waals surface area contributed by atoms with E-state index in [0.29, 0.717) is 0 Å². The summed E-state index contributed by atoms with van der Waals surface area (Å²) in [4.78, 5) is 47.8. The minimum atomic E-state index is -4.25. The number of anilines is 2. The Balaban J connectivity index is 1.30. The molecule has 0 fully saturated rings. The van der Waals surface area contributed by atoms with Crippen LogP contribution in [0, 0.1) is 0 Å². The molecule has 14 nitrogen and oxygen atoms in total. The van der Waals surface area contributed by atoms with Gasteiger partial charge in [0.05, 0.1) is 25.3 Å². The molecule has 0 aliphatic rings. The zero-order chi connectivity index (χ0) is 33.5. The SMILES string of the molecule is COC(=O)c1cccc(NS(=O)(=O)c2ccsc2C(=O)OCCOC(=O)c2ccc(NS(=O)(=O)c3ccsc3C(=O)OC)cc2)c1. The van der Waals surface area contributed by atoms with E-state index in [0.717, 1.165) is 29.8 Å². The van der Waals surface area contributed by atoms with Crippen LogP contribution < -0.4 is 9.44 Å². The predicted octanol–water partition coefficient (Wildman–Crippen LogP) is 4.00. The molecule has 0 radical (unpaired) electrons. The van der Waals surface area contributed by atoms with Crippen LogP contribution in [0.15, 0.2) is 81.2 Å². The molecule has 46 heavy (non-hydrogen) atoms. The minimum Gasteiger partial charge on any atom is -0.465 e. The monoisotopic (exact) mass is 708 g/mol. The number of ether oxygens (including phenoxy) is 4. The standard InChI is InChI=1S/C28H24N2O12S4/c1-39-25(31)18-4-3-5-20(16-18)30-46(37,38)22-11-15-44-24(22)28(34)42-13-12-41-26(32)17-6-8-19(9-7-17)29-45(35,36)21-10-14-43-23(21)27(33)40-2/h3-11,14-16,29-30H,12-13H2,1-2H3. The quantitative estimate of drug-likeness (QED) is 0.115. The molecule has 242 valence electrons. The van der Waals surface area contributed by atoms with Gasteiger partial charge in [-0.3, -0.25) is 9.44 Å². The van der Waals surface area contributed by atoms with Crippen LogP contribution in [0.25, 0.3) is 0 Å². The van der Waals surface area contributed by atoms with Crippen LogP contribution in [-0.4, -0.2) is 68.1 Å². The first kappa shape index (κ1) is 34.1. The van der Waals surface area contributed by atoms with Crippen molar-refractivity contribution in [2.24, 2.45) is 0 Å². The summed E-state index contributed by atoms with van der Waals surface area (Å²) in [7, 11) is -6.06. The summed E-state index contributed by atoms with van der Waals surface area (Å²) < 4.78 is 75.5. The first-order valence-electron chi connectivity index (χ1n) is 12.8. The molecular weight excluding hydrogens is 685 g/mol. The van der Waals surface area contributed by atoms with Crippen molar-refractivity contribution in [3.63, 3.8) is 0 Å². The van der Waals surface area contributed by atoms with Crippen molar-refractivity contribution < 1.29 is 55.0 Å². The highest BCUT2D eigenvalue weighted by Gasteiger charge is 2.27. The molecule has 2 N–H and O–H groups in total. The number of carbonyl (C=O) groups is 4. The number of carbonyl (C=O) groups excluding carboxylic acids is 4. The van der Waals surface area contributed by atoms with E-state index in [4.69, 9.17) is 9.47 Å². The number of hydrogen-bond donors (Lipinski definition) is 2. The van der Waals surface area contributed by atoms with E-state index >= 15 is 0 Å². The van der Waals surface area contributed by atoms with Gasteiger partial charge >= 0.3 is 23.9 Å². The van der Waals surface area contributed by atoms with Crippen LogP contribution in [0.2, 0.25) is 0 Å². The maximum absolute atomic E-state index is 13.0. The van der Waals surface area contributed by atoms with Crippen LogP contribution >= 0.6 is 22.7 Å². The van der Waals surface area contributed by atoms with Gasteiger partial charge in [-0.2, -0.15) is 0 Å². The van der Waals surface area contributed by atoms with E-state index < -0.39 is 50.5 Å². The first-order chi connectivity index (χ1) is 21.9. The minimum absolute atomic E-state index is 0.0639. The Morgan fingerprint density at radius 3 is 1.70 bits per heavy atom. The summed E-state index contributed by atoms with van der Waals surface area (Å²) in [5, 5.41) is 2.82. The number of benzene rings is 2. The van der Waals surface area contributed by atoms with Gasteiger partial charge in [0.25, 0.3) is 20.0 Å². The first-order valence-corrected chi connectivity index (χ1v) is 17.5. The average Bonchev–Trinajstić information content (AvgIpc) is 3.74. The maximum atomic E-state index is 13.0. The molecule has 0 atom stereocenters. The Kier molecular flexibility index (Phi) is 10.8. The van der Waals surface area contributed by atoms with Crippen LogP contribution in [0.3, 0.4) is 0 Å². The van der Waals surface area contributed by atoms with E-state index in [1.165, 1.54) is 78.5 Å². The second kappa shape index (κ2) is 14.5. The Labute approximate surface area is 271 Å². The number of methoxy groups -OCH3 is 2. The van der Waals surface area contributed by atoms with E-state index in [-0.39, 0.29) is 48.7 Å². The smallest absolute Gasteiger partial charge is 0.349 e. The molecule has 0 saturated carbocycles. The lowest BCUT2D eigenvalue weighted by Crippen LogP contribution is -2.18. The highest BCUT2D eigenvalue weighted by molar-refractivity contribution is 7.93. The molecular formula is C28H24N2O12S4. The van der Waals surface area contributed by atoms with Gasteiger partial charge in [-0.25, -0.2) is 36.0 Å². The molecule has 2 heterocycles. The summed E-state index contributed by atoms with van der Waals surface area (Å²) >= 11 is 1.74. The van der Waals surface area contributed by atoms with Crippen LogP contribution in [0.1, 0.15) is 40.1 Å². The summed E-state index contributed by atoms with van der Waals surface area (Å²) in [5.41, 5.74) is 0.363.